The molecule has 1 saturated heterocycles. The van der Waals surface area contributed by atoms with E-state index in [1.165, 1.54) is 37.6 Å². The maximum absolute atomic E-state index is 10.2. The van der Waals surface area contributed by atoms with Crippen LogP contribution in [0.3, 0.4) is 0 Å². The van der Waals surface area contributed by atoms with Gasteiger partial charge < -0.3 is 15.3 Å². The lowest BCUT2D eigenvalue weighted by atomic mass is 10.3. The zero-order valence-electron chi connectivity index (χ0n) is 9.80. The van der Waals surface area contributed by atoms with Crippen molar-refractivity contribution >= 4 is 18.4 Å². The molecule has 1 aliphatic rings. The van der Waals surface area contributed by atoms with Gasteiger partial charge in [0.2, 0.25) is 0 Å². The fourth-order valence-electron chi connectivity index (χ4n) is 1.27. The minimum Gasteiger partial charge on any atom is -0.478 e. The molecule has 2 N–H and O–H groups in total. The van der Waals surface area contributed by atoms with E-state index in [-0.39, 0.29) is 18.0 Å². The highest BCUT2D eigenvalue weighted by Crippen LogP contribution is 1.93. The van der Waals surface area contributed by atoms with Gasteiger partial charge in [0, 0.05) is 38.6 Å². The van der Waals surface area contributed by atoms with Crippen molar-refractivity contribution in [3.05, 3.63) is 30.1 Å². The summed E-state index contributed by atoms with van der Waals surface area (Å²) < 4.78 is 0. The van der Waals surface area contributed by atoms with Crippen LogP contribution in [0.2, 0.25) is 0 Å². The number of piperazine rings is 1. The largest absolute Gasteiger partial charge is 0.478 e. The molecule has 0 aromatic carbocycles. The SMILES string of the molecule is CN1CCNCC1.Cl.O=C(O)c1ccncc1. The van der Waals surface area contributed by atoms with Crippen LogP contribution >= 0.6 is 12.4 Å². The summed E-state index contributed by atoms with van der Waals surface area (Å²) in [6.45, 7) is 4.74. The molecular formula is C11H18ClN3O2. The van der Waals surface area contributed by atoms with Crippen molar-refractivity contribution in [2.45, 2.75) is 0 Å². The van der Waals surface area contributed by atoms with Crippen molar-refractivity contribution in [3.8, 4) is 0 Å². The van der Waals surface area contributed by atoms with Crippen LogP contribution in [0.25, 0.3) is 0 Å². The average Bonchev–Trinajstić information content (AvgIpc) is 2.32. The molecule has 1 fully saturated rings. The van der Waals surface area contributed by atoms with Gasteiger partial charge in [0.1, 0.15) is 0 Å². The molecular weight excluding hydrogens is 242 g/mol. The van der Waals surface area contributed by atoms with Crippen LogP contribution in [0.15, 0.2) is 24.5 Å². The van der Waals surface area contributed by atoms with E-state index < -0.39 is 5.97 Å². The molecule has 1 aromatic heterocycles. The highest BCUT2D eigenvalue weighted by molar-refractivity contribution is 5.87. The maximum Gasteiger partial charge on any atom is 0.335 e. The number of nitrogens with one attached hydrogen (secondary N) is 1. The third-order valence-electron chi connectivity index (χ3n) is 2.27. The van der Waals surface area contributed by atoms with Gasteiger partial charge in [-0.1, -0.05) is 0 Å². The van der Waals surface area contributed by atoms with Gasteiger partial charge in [-0.2, -0.15) is 0 Å². The summed E-state index contributed by atoms with van der Waals surface area (Å²) in [6.07, 6.45) is 2.90. The molecule has 0 unspecified atom stereocenters. The summed E-state index contributed by atoms with van der Waals surface area (Å²) in [7, 11) is 2.15. The Morgan fingerprint density at radius 1 is 1.35 bits per heavy atom. The van der Waals surface area contributed by atoms with E-state index in [2.05, 4.69) is 22.2 Å². The summed E-state index contributed by atoms with van der Waals surface area (Å²) in [5.74, 6) is -0.919. The molecule has 1 aromatic rings. The standard InChI is InChI=1S/C6H5NO2.C5H12N2.ClH/c8-6(9)5-1-3-7-4-2-5;1-7-4-2-6-3-5-7;/h1-4H,(H,8,9);6H,2-5H2,1H3;1H. The van der Waals surface area contributed by atoms with Crippen LogP contribution in [0, 0.1) is 0 Å². The van der Waals surface area contributed by atoms with Gasteiger partial charge in [-0.25, -0.2) is 4.79 Å². The van der Waals surface area contributed by atoms with E-state index >= 15 is 0 Å². The smallest absolute Gasteiger partial charge is 0.335 e. The first-order valence-corrected chi connectivity index (χ1v) is 5.22. The van der Waals surface area contributed by atoms with E-state index in [9.17, 15) is 4.79 Å². The lowest BCUT2D eigenvalue weighted by Crippen LogP contribution is -2.40. The Labute approximate surface area is 107 Å². The highest BCUT2D eigenvalue weighted by Gasteiger charge is 2.01. The molecule has 96 valence electrons. The maximum atomic E-state index is 10.2. The van der Waals surface area contributed by atoms with Gasteiger partial charge in [0.15, 0.2) is 0 Å². The van der Waals surface area contributed by atoms with Crippen LogP contribution in [-0.4, -0.2) is 54.2 Å². The fourth-order valence-corrected chi connectivity index (χ4v) is 1.27. The second-order valence-corrected chi connectivity index (χ2v) is 3.59. The molecule has 0 amide bonds. The molecule has 0 bridgehead atoms. The first-order valence-electron chi connectivity index (χ1n) is 5.22. The van der Waals surface area contributed by atoms with Gasteiger partial charge >= 0.3 is 5.97 Å². The zero-order valence-corrected chi connectivity index (χ0v) is 10.6. The van der Waals surface area contributed by atoms with Gasteiger partial charge in [-0.05, 0) is 19.2 Å². The second-order valence-electron chi connectivity index (χ2n) is 3.59. The normalized spacial score (nSPS) is 15.1. The molecule has 0 aliphatic carbocycles. The van der Waals surface area contributed by atoms with Crippen molar-refractivity contribution in [2.75, 3.05) is 33.2 Å². The summed E-state index contributed by atoms with van der Waals surface area (Å²) in [6, 6.07) is 2.89. The van der Waals surface area contributed by atoms with Crippen LogP contribution < -0.4 is 5.32 Å². The molecule has 2 heterocycles. The number of aromatic carboxylic acids is 1. The topological polar surface area (TPSA) is 65.5 Å². The Kier molecular flexibility index (Phi) is 8.31. The van der Waals surface area contributed by atoms with E-state index in [1.54, 1.807) is 0 Å². The molecule has 1 aliphatic heterocycles. The minimum atomic E-state index is -0.919. The number of halogens is 1. The lowest BCUT2D eigenvalue weighted by molar-refractivity contribution is 0.0697. The number of carbonyl (C=O) groups is 1. The third-order valence-corrected chi connectivity index (χ3v) is 2.27. The third kappa shape index (κ3) is 6.88. The Morgan fingerprint density at radius 3 is 2.18 bits per heavy atom. The Morgan fingerprint density at radius 2 is 1.88 bits per heavy atom. The molecule has 0 spiro atoms. The van der Waals surface area contributed by atoms with E-state index in [0.717, 1.165) is 13.1 Å². The molecule has 2 rings (SSSR count). The molecule has 0 atom stereocenters. The van der Waals surface area contributed by atoms with Crippen molar-refractivity contribution in [1.82, 2.24) is 15.2 Å². The number of likely N-dealkylation sites (N-methyl/N-ethyl adjacent to an activating group) is 1. The predicted molar refractivity (Wildman–Crippen MR) is 68.8 cm³/mol. The average molecular weight is 260 g/mol. The molecule has 6 heteroatoms. The van der Waals surface area contributed by atoms with E-state index in [4.69, 9.17) is 5.11 Å². The minimum absolute atomic E-state index is 0. The Balaban J connectivity index is 0.000000292. The van der Waals surface area contributed by atoms with Crippen LogP contribution in [0.5, 0.6) is 0 Å². The number of pyridine rings is 1. The summed E-state index contributed by atoms with van der Waals surface area (Å²) in [4.78, 5) is 16.2. The first-order chi connectivity index (χ1) is 7.70. The van der Waals surface area contributed by atoms with Crippen molar-refractivity contribution in [3.63, 3.8) is 0 Å². The van der Waals surface area contributed by atoms with Gasteiger partial charge in [0.25, 0.3) is 0 Å². The molecule has 17 heavy (non-hydrogen) atoms. The molecule has 0 saturated carbocycles. The second kappa shape index (κ2) is 8.92. The number of nitrogens with zero attached hydrogens (tertiary/aromatic N) is 2. The summed E-state index contributed by atoms with van der Waals surface area (Å²) in [5.41, 5.74) is 0.269. The predicted octanol–water partition coefficient (Wildman–Crippen LogP) is 0.723. The van der Waals surface area contributed by atoms with Crippen molar-refractivity contribution in [2.24, 2.45) is 0 Å². The summed E-state index contributed by atoms with van der Waals surface area (Å²) >= 11 is 0. The van der Waals surface area contributed by atoms with E-state index in [0.29, 0.717) is 0 Å². The number of hydrogen-bond acceptors (Lipinski definition) is 4. The van der Waals surface area contributed by atoms with Crippen molar-refractivity contribution in [1.29, 1.82) is 0 Å². The number of hydrogen-bond donors (Lipinski definition) is 2. The van der Waals surface area contributed by atoms with Crippen LogP contribution in [0.1, 0.15) is 10.4 Å². The number of carboxylic acid groups (broad SMARTS) is 1. The Bertz CT molecular complexity index is 316. The fraction of sp³-hybridized carbons (Fsp3) is 0.455. The number of carboxylic acids is 1. The van der Waals surface area contributed by atoms with Crippen LogP contribution in [0.4, 0.5) is 0 Å². The van der Waals surface area contributed by atoms with Crippen LogP contribution in [-0.2, 0) is 0 Å². The number of aromatic nitrogens is 1. The monoisotopic (exact) mass is 259 g/mol. The first kappa shape index (κ1) is 15.8. The van der Waals surface area contributed by atoms with Crippen molar-refractivity contribution < 1.29 is 9.90 Å². The Hall–Kier alpha value is -1.17. The lowest BCUT2D eigenvalue weighted by Gasteiger charge is -2.21. The van der Waals surface area contributed by atoms with Gasteiger partial charge in [0.05, 0.1) is 5.56 Å². The molecule has 0 radical (unpaired) electrons. The zero-order chi connectivity index (χ0) is 11.8. The van der Waals surface area contributed by atoms with Gasteiger partial charge in [-0.15, -0.1) is 12.4 Å². The summed E-state index contributed by atoms with van der Waals surface area (Å²) in [5, 5.41) is 11.6. The molecule has 5 nitrogen and oxygen atoms in total. The van der Waals surface area contributed by atoms with Gasteiger partial charge in [-0.3, -0.25) is 4.98 Å². The highest BCUT2D eigenvalue weighted by atomic mass is 35.5. The quantitative estimate of drug-likeness (QED) is 0.778. The van der Waals surface area contributed by atoms with E-state index in [1.807, 2.05) is 0 Å². The number of rotatable bonds is 1.